The molecule has 1 amide bonds. The molecule has 0 unspecified atom stereocenters. The summed E-state index contributed by atoms with van der Waals surface area (Å²) >= 11 is 1.68. The smallest absolute Gasteiger partial charge is 0.220 e. The SMILES string of the molecule is Cn1cc(CCC(=O)N[C@H](Cc2ccccc2)c2cccs2)cn1. The Kier molecular flexibility index (Phi) is 5.43. The van der Waals surface area contributed by atoms with E-state index in [9.17, 15) is 4.79 Å². The van der Waals surface area contributed by atoms with Crippen molar-refractivity contribution in [1.82, 2.24) is 15.1 Å². The molecule has 2 aromatic heterocycles. The number of carbonyl (C=O) groups is 1. The van der Waals surface area contributed by atoms with Gasteiger partial charge in [0, 0.05) is 24.5 Å². The molecule has 0 aliphatic carbocycles. The van der Waals surface area contributed by atoms with E-state index in [1.165, 1.54) is 10.4 Å². The predicted molar refractivity (Wildman–Crippen MR) is 96.9 cm³/mol. The molecule has 0 bridgehead atoms. The summed E-state index contributed by atoms with van der Waals surface area (Å²) in [4.78, 5) is 13.6. The minimum atomic E-state index is 0.0220. The minimum absolute atomic E-state index is 0.0220. The topological polar surface area (TPSA) is 46.9 Å². The van der Waals surface area contributed by atoms with Gasteiger partial charge in [0.25, 0.3) is 0 Å². The number of thiophene rings is 1. The number of benzene rings is 1. The Bertz CT molecular complexity index is 765. The summed E-state index contributed by atoms with van der Waals surface area (Å²) in [5.41, 5.74) is 2.31. The molecule has 1 aromatic carbocycles. The first-order valence-corrected chi connectivity index (χ1v) is 8.93. The molecule has 24 heavy (non-hydrogen) atoms. The lowest BCUT2D eigenvalue weighted by Gasteiger charge is -2.18. The highest BCUT2D eigenvalue weighted by atomic mass is 32.1. The third kappa shape index (κ3) is 4.55. The predicted octanol–water partition coefficient (Wildman–Crippen LogP) is 3.51. The number of aryl methyl sites for hydroxylation is 2. The van der Waals surface area contributed by atoms with Crippen LogP contribution in [-0.4, -0.2) is 15.7 Å². The molecule has 0 aliphatic heterocycles. The number of hydrogen-bond donors (Lipinski definition) is 1. The Morgan fingerprint density at radius 2 is 2.04 bits per heavy atom. The molecular weight excluding hydrogens is 318 g/mol. The van der Waals surface area contributed by atoms with E-state index >= 15 is 0 Å². The van der Waals surface area contributed by atoms with Crippen molar-refractivity contribution in [3.05, 3.63) is 76.2 Å². The van der Waals surface area contributed by atoms with Crippen LogP contribution in [0.1, 0.15) is 28.5 Å². The van der Waals surface area contributed by atoms with Crippen LogP contribution >= 0.6 is 11.3 Å². The molecule has 4 nitrogen and oxygen atoms in total. The van der Waals surface area contributed by atoms with Crippen molar-refractivity contribution in [3.63, 3.8) is 0 Å². The van der Waals surface area contributed by atoms with E-state index in [2.05, 4.69) is 34.0 Å². The molecule has 0 saturated carbocycles. The first-order valence-electron chi connectivity index (χ1n) is 8.05. The maximum Gasteiger partial charge on any atom is 0.220 e. The van der Waals surface area contributed by atoms with Crippen molar-refractivity contribution < 1.29 is 4.79 Å². The first kappa shape index (κ1) is 16.5. The van der Waals surface area contributed by atoms with E-state index in [-0.39, 0.29) is 11.9 Å². The standard InChI is InChI=1S/C19H21N3OS/c1-22-14-16(13-20-22)9-10-19(23)21-17(18-8-5-11-24-18)12-15-6-3-2-4-7-15/h2-8,11,13-14,17H,9-10,12H2,1H3,(H,21,23)/t17-/m1/s1. The molecule has 3 rings (SSSR count). The van der Waals surface area contributed by atoms with Gasteiger partial charge in [0.2, 0.25) is 5.91 Å². The van der Waals surface area contributed by atoms with E-state index in [1.54, 1.807) is 16.0 Å². The summed E-state index contributed by atoms with van der Waals surface area (Å²) in [5.74, 6) is 0.0770. The molecule has 0 saturated heterocycles. The van der Waals surface area contributed by atoms with Crippen molar-refractivity contribution in [2.24, 2.45) is 7.05 Å². The summed E-state index contributed by atoms with van der Waals surface area (Å²) in [5, 5.41) is 9.38. The maximum atomic E-state index is 12.4. The number of rotatable bonds is 7. The quantitative estimate of drug-likeness (QED) is 0.716. The monoisotopic (exact) mass is 339 g/mol. The fourth-order valence-electron chi connectivity index (χ4n) is 2.69. The Morgan fingerprint density at radius 1 is 1.21 bits per heavy atom. The van der Waals surface area contributed by atoms with Gasteiger partial charge in [-0.3, -0.25) is 9.48 Å². The van der Waals surface area contributed by atoms with Crippen LogP contribution in [0, 0.1) is 0 Å². The van der Waals surface area contributed by atoms with Crippen LogP contribution in [0.2, 0.25) is 0 Å². The van der Waals surface area contributed by atoms with Crippen molar-refractivity contribution in [2.45, 2.75) is 25.3 Å². The summed E-state index contributed by atoms with van der Waals surface area (Å²) in [7, 11) is 1.89. The van der Waals surface area contributed by atoms with Gasteiger partial charge >= 0.3 is 0 Å². The number of aromatic nitrogens is 2. The molecule has 0 aliphatic rings. The Morgan fingerprint density at radius 3 is 2.71 bits per heavy atom. The van der Waals surface area contributed by atoms with Crippen molar-refractivity contribution >= 4 is 17.2 Å². The molecule has 0 spiro atoms. The number of nitrogens with zero attached hydrogens (tertiary/aromatic N) is 2. The van der Waals surface area contributed by atoms with E-state index in [1.807, 2.05) is 43.7 Å². The Hall–Kier alpha value is -2.40. The van der Waals surface area contributed by atoms with Gasteiger partial charge in [0.1, 0.15) is 0 Å². The van der Waals surface area contributed by atoms with Gasteiger partial charge in [-0.1, -0.05) is 36.4 Å². The van der Waals surface area contributed by atoms with Crippen LogP contribution in [0.3, 0.4) is 0 Å². The molecule has 1 N–H and O–H groups in total. The van der Waals surface area contributed by atoms with E-state index in [0.717, 1.165) is 12.0 Å². The average Bonchev–Trinajstić information content (AvgIpc) is 3.25. The number of hydrogen-bond acceptors (Lipinski definition) is 3. The lowest BCUT2D eigenvalue weighted by molar-refractivity contribution is -0.121. The van der Waals surface area contributed by atoms with Crippen LogP contribution in [0.15, 0.2) is 60.2 Å². The van der Waals surface area contributed by atoms with Gasteiger partial charge in [-0.15, -0.1) is 11.3 Å². The largest absolute Gasteiger partial charge is 0.348 e. The van der Waals surface area contributed by atoms with E-state index in [0.29, 0.717) is 12.8 Å². The van der Waals surface area contributed by atoms with Crippen LogP contribution in [0.5, 0.6) is 0 Å². The zero-order valence-corrected chi connectivity index (χ0v) is 14.5. The van der Waals surface area contributed by atoms with Gasteiger partial charge in [0.05, 0.1) is 12.2 Å². The molecule has 3 aromatic rings. The number of amides is 1. The molecule has 124 valence electrons. The lowest BCUT2D eigenvalue weighted by atomic mass is 10.0. The van der Waals surface area contributed by atoms with Crippen LogP contribution in [-0.2, 0) is 24.7 Å². The average molecular weight is 339 g/mol. The molecule has 5 heteroatoms. The highest BCUT2D eigenvalue weighted by Crippen LogP contribution is 2.23. The van der Waals surface area contributed by atoms with Crippen LogP contribution in [0.25, 0.3) is 0 Å². The van der Waals surface area contributed by atoms with Crippen LogP contribution in [0.4, 0.5) is 0 Å². The number of nitrogens with one attached hydrogen (secondary N) is 1. The van der Waals surface area contributed by atoms with Crippen molar-refractivity contribution in [3.8, 4) is 0 Å². The van der Waals surface area contributed by atoms with E-state index in [4.69, 9.17) is 0 Å². The Labute approximate surface area is 146 Å². The minimum Gasteiger partial charge on any atom is -0.348 e. The molecular formula is C19H21N3OS. The Balaban J connectivity index is 1.62. The number of carbonyl (C=O) groups excluding carboxylic acids is 1. The zero-order chi connectivity index (χ0) is 16.8. The first-order chi connectivity index (χ1) is 11.7. The van der Waals surface area contributed by atoms with Gasteiger partial charge in [-0.2, -0.15) is 5.10 Å². The second kappa shape index (κ2) is 7.93. The van der Waals surface area contributed by atoms with Gasteiger partial charge < -0.3 is 5.32 Å². The van der Waals surface area contributed by atoms with Crippen molar-refractivity contribution in [1.29, 1.82) is 0 Å². The second-order valence-corrected chi connectivity index (χ2v) is 6.83. The normalized spacial score (nSPS) is 12.0. The third-order valence-electron chi connectivity index (χ3n) is 3.90. The van der Waals surface area contributed by atoms with E-state index < -0.39 is 0 Å². The molecule has 1 atom stereocenters. The molecule has 0 fully saturated rings. The zero-order valence-electron chi connectivity index (χ0n) is 13.7. The summed E-state index contributed by atoms with van der Waals surface area (Å²) in [6.45, 7) is 0. The third-order valence-corrected chi connectivity index (χ3v) is 4.89. The van der Waals surface area contributed by atoms with Gasteiger partial charge in [-0.25, -0.2) is 0 Å². The van der Waals surface area contributed by atoms with Crippen molar-refractivity contribution in [2.75, 3.05) is 0 Å². The summed E-state index contributed by atoms with van der Waals surface area (Å²) < 4.78 is 1.76. The molecule has 0 radical (unpaired) electrons. The van der Waals surface area contributed by atoms with Gasteiger partial charge in [-0.05, 0) is 35.4 Å². The fourth-order valence-corrected chi connectivity index (χ4v) is 3.47. The van der Waals surface area contributed by atoms with Crippen LogP contribution < -0.4 is 5.32 Å². The summed E-state index contributed by atoms with van der Waals surface area (Å²) in [6, 6.07) is 14.4. The summed E-state index contributed by atoms with van der Waals surface area (Å²) in [6.07, 6.45) is 5.76. The maximum absolute atomic E-state index is 12.4. The highest BCUT2D eigenvalue weighted by Gasteiger charge is 2.16. The lowest BCUT2D eigenvalue weighted by Crippen LogP contribution is -2.29. The highest BCUT2D eigenvalue weighted by molar-refractivity contribution is 7.10. The van der Waals surface area contributed by atoms with Gasteiger partial charge in [0.15, 0.2) is 0 Å². The second-order valence-electron chi connectivity index (χ2n) is 5.85. The fraction of sp³-hybridized carbons (Fsp3) is 0.263. The molecule has 2 heterocycles.